The van der Waals surface area contributed by atoms with Gasteiger partial charge in [-0.2, -0.15) is 0 Å². The summed E-state index contributed by atoms with van der Waals surface area (Å²) in [5.74, 6) is -0.154. The Morgan fingerprint density at radius 3 is 2.43 bits per heavy atom. The van der Waals surface area contributed by atoms with Crippen molar-refractivity contribution in [3.63, 3.8) is 0 Å². The largest absolute Gasteiger partial charge is 0.508 e. The van der Waals surface area contributed by atoms with E-state index in [1.807, 2.05) is 18.2 Å². The smallest absolute Gasteiger partial charge is 0.121 e. The average Bonchev–Trinajstić information content (AvgIpc) is 2.80. The van der Waals surface area contributed by atoms with E-state index in [1.54, 1.807) is 0 Å². The van der Waals surface area contributed by atoms with E-state index in [2.05, 4.69) is 17.4 Å². The lowest BCUT2D eigenvalue weighted by molar-refractivity contribution is 0.126. The lowest BCUT2D eigenvalue weighted by Crippen LogP contribution is -2.22. The van der Waals surface area contributed by atoms with Gasteiger partial charge in [-0.15, -0.1) is 0 Å². The van der Waals surface area contributed by atoms with E-state index in [0.717, 1.165) is 32.1 Å². The van der Waals surface area contributed by atoms with E-state index in [0.29, 0.717) is 19.6 Å². The van der Waals surface area contributed by atoms with Crippen LogP contribution in [0.2, 0.25) is 0 Å². The van der Waals surface area contributed by atoms with Crippen molar-refractivity contribution < 1.29 is 25.5 Å². The second-order valence-electron chi connectivity index (χ2n) is 7.26. The molecule has 0 aromatic heterocycles. The summed E-state index contributed by atoms with van der Waals surface area (Å²) in [5, 5.41) is 31.6. The Hall–Kier alpha value is -1.92. The first-order valence-corrected chi connectivity index (χ1v) is 10.7. The van der Waals surface area contributed by atoms with Gasteiger partial charge in [-0.1, -0.05) is 49.2 Å². The van der Waals surface area contributed by atoms with Crippen LogP contribution in [0.3, 0.4) is 0 Å². The molecule has 0 saturated heterocycles. The third-order valence-corrected chi connectivity index (χ3v) is 4.82. The topological polar surface area (TPSA) is 82.0 Å². The molecular weight excluding hydrogens is 378 g/mol. The van der Waals surface area contributed by atoms with Gasteiger partial charge >= 0.3 is 0 Å². The molecule has 166 valence electrons. The Bertz CT molecular complexity index is 852. The molecule has 30 heavy (non-hydrogen) atoms. The van der Waals surface area contributed by atoms with Gasteiger partial charge in [0.05, 0.1) is 12.7 Å². The number of aromatic hydroxyl groups is 1. The highest BCUT2D eigenvalue weighted by atomic mass is 16.5. The van der Waals surface area contributed by atoms with Crippen LogP contribution in [-0.4, -0.2) is 41.5 Å². The van der Waals surface area contributed by atoms with E-state index < -0.39 is 25.7 Å². The van der Waals surface area contributed by atoms with E-state index in [-0.39, 0.29) is 23.3 Å². The van der Waals surface area contributed by atoms with E-state index in [9.17, 15) is 15.3 Å². The van der Waals surface area contributed by atoms with Gasteiger partial charge in [0.15, 0.2) is 0 Å². The molecule has 0 radical (unpaired) electrons. The summed E-state index contributed by atoms with van der Waals surface area (Å²) in [7, 11) is 0. The van der Waals surface area contributed by atoms with Crippen LogP contribution in [-0.2, 0) is 17.8 Å². The number of phenols is 1. The minimum Gasteiger partial charge on any atom is -0.508 e. The maximum Gasteiger partial charge on any atom is 0.121 e. The number of unbranched alkanes of at least 4 members (excludes halogenated alkanes) is 3. The zero-order chi connectivity index (χ0) is 25.0. The number of nitrogens with one attached hydrogen (secondary N) is 1. The molecule has 0 saturated carbocycles. The maximum atomic E-state index is 10.4. The van der Waals surface area contributed by atoms with Gasteiger partial charge in [0.25, 0.3) is 0 Å². The number of hydrogen-bond acceptors (Lipinski definition) is 5. The number of hydrogen-bond donors (Lipinski definition) is 4. The van der Waals surface area contributed by atoms with Gasteiger partial charge in [0.2, 0.25) is 0 Å². The number of ether oxygens (including phenoxy) is 1. The van der Waals surface area contributed by atoms with Gasteiger partial charge in [-0.3, -0.25) is 0 Å². The summed E-state index contributed by atoms with van der Waals surface area (Å²) >= 11 is 0. The van der Waals surface area contributed by atoms with Crippen molar-refractivity contribution in [1.29, 1.82) is 0 Å². The lowest BCUT2D eigenvalue weighted by atomic mass is 10.1. The molecule has 4 N–H and O–H groups in total. The number of aryl methyl sites for hydroxylation is 1. The van der Waals surface area contributed by atoms with E-state index >= 15 is 0 Å². The van der Waals surface area contributed by atoms with Crippen LogP contribution in [0, 0.1) is 0 Å². The summed E-state index contributed by atoms with van der Waals surface area (Å²) in [6.07, 6.45) is 3.66. The SMILES string of the molecule is [2H]C([2H])(CCCCCOCCCCc1ccccc1)NC([2H])([2H])C(O)c1ccc(O)c(CO)c1. The fourth-order valence-corrected chi connectivity index (χ4v) is 3.04. The third-order valence-electron chi connectivity index (χ3n) is 4.82. The molecule has 5 heteroatoms. The van der Waals surface area contributed by atoms with Gasteiger partial charge in [0, 0.05) is 30.8 Å². The van der Waals surface area contributed by atoms with Crippen molar-refractivity contribution in [1.82, 2.24) is 5.32 Å². The molecule has 1 atom stereocenters. The van der Waals surface area contributed by atoms with Crippen LogP contribution in [0.1, 0.15) is 66.8 Å². The third kappa shape index (κ3) is 9.72. The van der Waals surface area contributed by atoms with Crippen LogP contribution < -0.4 is 5.32 Å². The highest BCUT2D eigenvalue weighted by molar-refractivity contribution is 5.36. The first-order valence-electron chi connectivity index (χ1n) is 12.7. The molecule has 0 spiro atoms. The van der Waals surface area contributed by atoms with Crippen molar-refractivity contribution >= 4 is 0 Å². The fraction of sp³-hybridized carbons (Fsp3) is 0.520. The average molecular weight is 420 g/mol. The molecule has 0 fully saturated rings. The zero-order valence-electron chi connectivity index (χ0n) is 21.5. The molecule has 0 aliphatic rings. The number of benzene rings is 2. The number of aliphatic hydroxyl groups is 2. The van der Waals surface area contributed by atoms with E-state index in [4.69, 9.17) is 10.2 Å². The van der Waals surface area contributed by atoms with Gasteiger partial charge < -0.3 is 25.4 Å². The second kappa shape index (κ2) is 15.0. The molecule has 5 nitrogen and oxygen atoms in total. The fourth-order valence-electron chi connectivity index (χ4n) is 3.04. The summed E-state index contributed by atoms with van der Waals surface area (Å²) in [6.45, 7) is -3.59. The monoisotopic (exact) mass is 419 g/mol. The Morgan fingerprint density at radius 1 is 0.933 bits per heavy atom. The maximum absolute atomic E-state index is 10.4. The predicted molar refractivity (Wildman–Crippen MR) is 121 cm³/mol. The molecule has 0 aliphatic carbocycles. The minimum absolute atomic E-state index is 0.0910. The summed E-state index contributed by atoms with van der Waals surface area (Å²) < 4.78 is 38.1. The Labute approximate surface area is 186 Å². The molecule has 1 unspecified atom stereocenters. The van der Waals surface area contributed by atoms with Crippen LogP contribution in [0.25, 0.3) is 0 Å². The van der Waals surface area contributed by atoms with Gasteiger partial charge in [-0.05, 0) is 61.9 Å². The van der Waals surface area contributed by atoms with Crippen molar-refractivity contribution in [2.45, 2.75) is 57.7 Å². The molecule has 0 aliphatic heterocycles. The molecule has 2 aromatic rings. The number of aliphatic hydroxyl groups excluding tert-OH is 2. The number of rotatable bonds is 16. The van der Waals surface area contributed by atoms with E-state index in [1.165, 1.54) is 23.8 Å². The highest BCUT2D eigenvalue weighted by Gasteiger charge is 2.09. The molecule has 2 rings (SSSR count). The standard InChI is InChI=1S/C25H37NO4/c27-20-23-18-22(13-14-24(23)28)25(29)19-26-15-7-1-2-8-16-30-17-9-6-12-21-10-4-3-5-11-21/h3-5,10-11,13-14,18,25-29H,1-2,6-9,12,15-17,19-20H2/i15D2,19D2. The molecule has 2 aromatic carbocycles. The molecule has 0 bridgehead atoms. The van der Waals surface area contributed by atoms with Crippen LogP contribution in [0.15, 0.2) is 48.5 Å². The van der Waals surface area contributed by atoms with Crippen LogP contribution in [0.4, 0.5) is 0 Å². The first-order chi connectivity index (χ1) is 16.1. The molecular formula is C25H37NO4. The first kappa shape index (κ1) is 18.8. The highest BCUT2D eigenvalue weighted by Crippen LogP contribution is 2.22. The summed E-state index contributed by atoms with van der Waals surface area (Å²) in [5.41, 5.74) is 1.63. The molecule has 0 amide bonds. The van der Waals surface area contributed by atoms with Crippen LogP contribution in [0.5, 0.6) is 5.75 Å². The normalized spacial score (nSPS) is 15.1. The second-order valence-corrected chi connectivity index (χ2v) is 7.26. The Kier molecular flexibility index (Phi) is 9.39. The van der Waals surface area contributed by atoms with Crippen molar-refractivity contribution in [3.05, 3.63) is 65.2 Å². The quantitative estimate of drug-likeness (QED) is 0.308. The Balaban J connectivity index is 1.62. The van der Waals surface area contributed by atoms with Gasteiger partial charge in [-0.25, -0.2) is 0 Å². The predicted octanol–water partition coefficient (Wildman–Crippen LogP) is 4.11. The van der Waals surface area contributed by atoms with Crippen LogP contribution >= 0.6 is 0 Å². The minimum atomic E-state index is -2.45. The van der Waals surface area contributed by atoms with Gasteiger partial charge in [0.1, 0.15) is 5.75 Å². The zero-order valence-corrected chi connectivity index (χ0v) is 17.5. The molecule has 0 heterocycles. The van der Waals surface area contributed by atoms with Crippen molar-refractivity contribution in [2.24, 2.45) is 0 Å². The van der Waals surface area contributed by atoms with Crippen molar-refractivity contribution in [2.75, 3.05) is 26.2 Å². The van der Waals surface area contributed by atoms with Crippen molar-refractivity contribution in [3.8, 4) is 5.75 Å². The lowest BCUT2D eigenvalue weighted by Gasteiger charge is -2.14. The summed E-state index contributed by atoms with van der Waals surface area (Å²) in [4.78, 5) is 0. The summed E-state index contributed by atoms with van der Waals surface area (Å²) in [6, 6.07) is 14.3. The Morgan fingerprint density at radius 2 is 1.67 bits per heavy atom.